The Labute approximate surface area is 107 Å². The van der Waals surface area contributed by atoms with Crippen molar-refractivity contribution in [1.29, 1.82) is 0 Å². The number of rotatable bonds is 5. The van der Waals surface area contributed by atoms with E-state index in [-0.39, 0.29) is 0 Å². The zero-order valence-electron chi connectivity index (χ0n) is 8.98. The molecule has 0 bridgehead atoms. The van der Waals surface area contributed by atoms with Crippen LogP contribution in [0.4, 0.5) is 0 Å². The molecule has 1 N–H and O–H groups in total. The van der Waals surface area contributed by atoms with Gasteiger partial charge in [-0.15, -0.1) is 11.3 Å². The van der Waals surface area contributed by atoms with Crippen molar-refractivity contribution in [1.82, 2.24) is 20.1 Å². The summed E-state index contributed by atoms with van der Waals surface area (Å²) >= 11 is 5.16. The van der Waals surface area contributed by atoms with E-state index in [4.69, 9.17) is 0 Å². The normalized spacial score (nSPS) is 10.9. The first-order valence-electron chi connectivity index (χ1n) is 5.10. The lowest BCUT2D eigenvalue weighted by Gasteiger charge is -1.97. The lowest BCUT2D eigenvalue weighted by Crippen LogP contribution is -2.13. The molecule has 0 aliphatic rings. The van der Waals surface area contributed by atoms with Crippen LogP contribution in [0.1, 0.15) is 17.6 Å². The van der Waals surface area contributed by atoms with Crippen LogP contribution in [0.2, 0.25) is 0 Å². The SMILES string of the molecule is CCNCc1ncn(Cc2cc(Br)cs2)n1. The average molecular weight is 301 g/mol. The van der Waals surface area contributed by atoms with Crippen LogP contribution in [-0.4, -0.2) is 21.3 Å². The van der Waals surface area contributed by atoms with Crippen LogP contribution in [0.5, 0.6) is 0 Å². The molecule has 2 aromatic rings. The van der Waals surface area contributed by atoms with Crippen LogP contribution < -0.4 is 5.32 Å². The van der Waals surface area contributed by atoms with Gasteiger partial charge in [0.15, 0.2) is 5.82 Å². The summed E-state index contributed by atoms with van der Waals surface area (Å²) in [5.41, 5.74) is 0. The van der Waals surface area contributed by atoms with Crippen molar-refractivity contribution in [2.75, 3.05) is 6.54 Å². The summed E-state index contributed by atoms with van der Waals surface area (Å²) in [5.74, 6) is 0.845. The van der Waals surface area contributed by atoms with Gasteiger partial charge >= 0.3 is 0 Å². The molecule has 0 unspecified atom stereocenters. The molecule has 0 aromatic carbocycles. The highest BCUT2D eigenvalue weighted by Crippen LogP contribution is 2.20. The van der Waals surface area contributed by atoms with Crippen molar-refractivity contribution in [3.63, 3.8) is 0 Å². The minimum absolute atomic E-state index is 0.734. The van der Waals surface area contributed by atoms with E-state index < -0.39 is 0 Å². The zero-order valence-corrected chi connectivity index (χ0v) is 11.4. The standard InChI is InChI=1S/C10H13BrN4S/c1-2-12-4-10-13-7-15(14-10)5-9-3-8(11)6-16-9/h3,6-7,12H,2,4-5H2,1H3. The first-order valence-corrected chi connectivity index (χ1v) is 6.77. The Balaban J connectivity index is 1.97. The maximum Gasteiger partial charge on any atom is 0.164 e. The maximum atomic E-state index is 4.39. The predicted molar refractivity (Wildman–Crippen MR) is 68.5 cm³/mol. The van der Waals surface area contributed by atoms with E-state index in [9.17, 15) is 0 Å². The van der Waals surface area contributed by atoms with Crippen molar-refractivity contribution in [2.24, 2.45) is 0 Å². The van der Waals surface area contributed by atoms with E-state index in [2.05, 4.69) is 49.7 Å². The summed E-state index contributed by atoms with van der Waals surface area (Å²) < 4.78 is 2.99. The molecule has 4 nitrogen and oxygen atoms in total. The van der Waals surface area contributed by atoms with Crippen LogP contribution in [0.15, 0.2) is 22.2 Å². The minimum atomic E-state index is 0.734. The highest BCUT2D eigenvalue weighted by molar-refractivity contribution is 9.10. The Hall–Kier alpha value is -0.720. The summed E-state index contributed by atoms with van der Waals surface area (Å²) in [6, 6.07) is 2.11. The fourth-order valence-corrected chi connectivity index (χ4v) is 2.77. The van der Waals surface area contributed by atoms with Crippen LogP contribution in [0.25, 0.3) is 0 Å². The predicted octanol–water partition coefficient (Wildman–Crippen LogP) is 2.26. The fourth-order valence-electron chi connectivity index (χ4n) is 1.32. The molecule has 2 rings (SSSR count). The highest BCUT2D eigenvalue weighted by atomic mass is 79.9. The molecule has 0 radical (unpaired) electrons. The second-order valence-corrected chi connectivity index (χ2v) is 5.28. The summed E-state index contributed by atoms with van der Waals surface area (Å²) in [5, 5.41) is 9.66. The van der Waals surface area contributed by atoms with Crippen molar-refractivity contribution >= 4 is 27.3 Å². The van der Waals surface area contributed by atoms with Gasteiger partial charge < -0.3 is 5.32 Å². The van der Waals surface area contributed by atoms with Crippen molar-refractivity contribution in [3.05, 3.63) is 32.9 Å². The Morgan fingerprint density at radius 2 is 2.44 bits per heavy atom. The van der Waals surface area contributed by atoms with Crippen LogP contribution >= 0.6 is 27.3 Å². The Kier molecular flexibility index (Phi) is 4.09. The van der Waals surface area contributed by atoms with Crippen LogP contribution in [-0.2, 0) is 13.1 Å². The van der Waals surface area contributed by atoms with Gasteiger partial charge in [0.2, 0.25) is 0 Å². The molecule has 0 spiro atoms. The first-order chi connectivity index (χ1) is 7.78. The second kappa shape index (κ2) is 5.56. The largest absolute Gasteiger partial charge is 0.310 e. The van der Waals surface area contributed by atoms with Crippen LogP contribution in [0, 0.1) is 0 Å². The average Bonchev–Trinajstić information content (AvgIpc) is 2.86. The molecular weight excluding hydrogens is 288 g/mol. The van der Waals surface area contributed by atoms with E-state index in [1.165, 1.54) is 4.88 Å². The third-order valence-corrected chi connectivity index (χ3v) is 3.74. The van der Waals surface area contributed by atoms with E-state index in [1.54, 1.807) is 17.7 Å². The van der Waals surface area contributed by atoms with Gasteiger partial charge in [-0.1, -0.05) is 6.92 Å². The molecule has 2 heterocycles. The Morgan fingerprint density at radius 1 is 1.56 bits per heavy atom. The molecular formula is C10H13BrN4S. The quantitative estimate of drug-likeness (QED) is 0.921. The van der Waals surface area contributed by atoms with Gasteiger partial charge in [0, 0.05) is 14.7 Å². The van der Waals surface area contributed by atoms with E-state index in [1.807, 2.05) is 4.68 Å². The van der Waals surface area contributed by atoms with Gasteiger partial charge in [-0.2, -0.15) is 5.10 Å². The molecule has 6 heteroatoms. The molecule has 0 atom stereocenters. The van der Waals surface area contributed by atoms with Gasteiger partial charge in [0.25, 0.3) is 0 Å². The van der Waals surface area contributed by atoms with Crippen molar-refractivity contribution < 1.29 is 0 Å². The molecule has 0 amide bonds. The Morgan fingerprint density at radius 3 is 3.12 bits per heavy atom. The molecule has 0 fully saturated rings. The van der Waals surface area contributed by atoms with Gasteiger partial charge in [-0.3, -0.25) is 0 Å². The van der Waals surface area contributed by atoms with E-state index >= 15 is 0 Å². The molecule has 86 valence electrons. The van der Waals surface area contributed by atoms with Gasteiger partial charge in [0.1, 0.15) is 6.33 Å². The lowest BCUT2D eigenvalue weighted by atomic mass is 10.5. The fraction of sp³-hybridized carbons (Fsp3) is 0.400. The number of thiophene rings is 1. The van der Waals surface area contributed by atoms with Gasteiger partial charge in [-0.05, 0) is 28.5 Å². The smallest absolute Gasteiger partial charge is 0.164 e. The molecule has 0 saturated heterocycles. The third kappa shape index (κ3) is 3.13. The zero-order chi connectivity index (χ0) is 11.4. The topological polar surface area (TPSA) is 42.7 Å². The van der Waals surface area contributed by atoms with E-state index in [0.29, 0.717) is 0 Å². The second-order valence-electron chi connectivity index (χ2n) is 3.37. The number of hydrogen-bond acceptors (Lipinski definition) is 4. The maximum absolute atomic E-state index is 4.39. The minimum Gasteiger partial charge on any atom is -0.310 e. The van der Waals surface area contributed by atoms with Crippen LogP contribution in [0.3, 0.4) is 0 Å². The van der Waals surface area contributed by atoms with E-state index in [0.717, 1.165) is 29.9 Å². The highest BCUT2D eigenvalue weighted by Gasteiger charge is 2.02. The lowest BCUT2D eigenvalue weighted by molar-refractivity contribution is 0.646. The van der Waals surface area contributed by atoms with Gasteiger partial charge in [-0.25, -0.2) is 9.67 Å². The van der Waals surface area contributed by atoms with Gasteiger partial charge in [0.05, 0.1) is 13.1 Å². The number of aromatic nitrogens is 3. The molecule has 0 saturated carbocycles. The molecule has 0 aliphatic carbocycles. The molecule has 0 aliphatic heterocycles. The third-order valence-electron chi connectivity index (χ3n) is 2.06. The number of nitrogens with one attached hydrogen (secondary N) is 1. The Bertz CT molecular complexity index is 451. The van der Waals surface area contributed by atoms with Crippen molar-refractivity contribution in [3.8, 4) is 0 Å². The number of hydrogen-bond donors (Lipinski definition) is 1. The summed E-state index contributed by atoms with van der Waals surface area (Å²) in [7, 11) is 0. The monoisotopic (exact) mass is 300 g/mol. The molecule has 2 aromatic heterocycles. The summed E-state index contributed by atoms with van der Waals surface area (Å²) in [6.45, 7) is 4.53. The summed E-state index contributed by atoms with van der Waals surface area (Å²) in [6.07, 6.45) is 1.78. The van der Waals surface area contributed by atoms with Crippen molar-refractivity contribution in [2.45, 2.75) is 20.0 Å². The molecule has 16 heavy (non-hydrogen) atoms. The summed E-state index contributed by atoms with van der Waals surface area (Å²) in [4.78, 5) is 5.51. The number of halogens is 1. The number of nitrogens with zero attached hydrogens (tertiary/aromatic N) is 3. The first kappa shape index (κ1) is 11.8.